The van der Waals surface area contributed by atoms with Gasteiger partial charge in [-0.2, -0.15) is 0 Å². The minimum Gasteiger partial charge on any atom is -0.491 e. The first-order valence-electron chi connectivity index (χ1n) is 9.28. The number of rotatable bonds is 6. The van der Waals surface area contributed by atoms with Gasteiger partial charge >= 0.3 is 0 Å². The average molecular weight is 335 g/mol. The quantitative estimate of drug-likeness (QED) is 0.656. The highest BCUT2D eigenvalue weighted by Gasteiger charge is 2.15. The van der Waals surface area contributed by atoms with Gasteiger partial charge in [0.2, 0.25) is 0 Å². The summed E-state index contributed by atoms with van der Waals surface area (Å²) in [7, 11) is 0. The normalized spacial score (nSPS) is 15.4. The lowest BCUT2D eigenvalue weighted by Crippen LogP contribution is -2.15. The number of benzene rings is 2. The molecule has 3 aromatic rings. The minimum atomic E-state index is 0.667. The summed E-state index contributed by atoms with van der Waals surface area (Å²) >= 11 is 0. The van der Waals surface area contributed by atoms with Crippen LogP contribution in [0.15, 0.2) is 48.5 Å². The molecular formula is C21H25N3O. The summed E-state index contributed by atoms with van der Waals surface area (Å²) in [5.41, 5.74) is 3.06. The van der Waals surface area contributed by atoms with Crippen molar-refractivity contribution in [2.45, 2.75) is 38.6 Å². The fourth-order valence-corrected chi connectivity index (χ4v) is 3.56. The number of fused-ring (bicyclic) bond motifs is 1. The third-order valence-electron chi connectivity index (χ3n) is 4.96. The highest BCUT2D eigenvalue weighted by atomic mass is 16.5. The number of para-hydroxylation sites is 2. The van der Waals surface area contributed by atoms with E-state index in [1.165, 1.54) is 32.1 Å². The van der Waals surface area contributed by atoms with E-state index in [2.05, 4.69) is 28.5 Å². The number of anilines is 1. The molecule has 0 radical (unpaired) electrons. The fraction of sp³-hybridized carbons (Fsp3) is 0.381. The lowest BCUT2D eigenvalue weighted by atomic mass is 9.90. The summed E-state index contributed by atoms with van der Waals surface area (Å²) in [6.07, 6.45) is 6.65. The summed E-state index contributed by atoms with van der Waals surface area (Å²) < 4.78 is 6.13. The number of imidazole rings is 1. The molecule has 1 heterocycles. The molecule has 4 nitrogen and oxygen atoms in total. The van der Waals surface area contributed by atoms with Gasteiger partial charge in [0, 0.05) is 5.69 Å². The molecule has 4 heteroatoms. The molecule has 2 aromatic carbocycles. The molecule has 2 N–H and O–H groups in total. The SMILES string of the molecule is c1ccc(NCc2nc3c(OCC4CCCCC4)cccc3[nH]2)cc1. The van der Waals surface area contributed by atoms with Gasteiger partial charge in [-0.3, -0.25) is 0 Å². The van der Waals surface area contributed by atoms with Crippen molar-refractivity contribution in [2.75, 3.05) is 11.9 Å². The van der Waals surface area contributed by atoms with Gasteiger partial charge in [0.15, 0.2) is 0 Å². The maximum Gasteiger partial charge on any atom is 0.147 e. The molecule has 1 aromatic heterocycles. The van der Waals surface area contributed by atoms with Crippen LogP contribution in [0.5, 0.6) is 5.75 Å². The van der Waals surface area contributed by atoms with Crippen molar-refractivity contribution in [3.05, 3.63) is 54.4 Å². The van der Waals surface area contributed by atoms with Crippen LogP contribution in [0.3, 0.4) is 0 Å². The molecule has 1 aliphatic rings. The predicted octanol–water partition coefficient (Wildman–Crippen LogP) is 5.13. The zero-order valence-electron chi connectivity index (χ0n) is 14.5. The Bertz CT molecular complexity index is 806. The van der Waals surface area contributed by atoms with Gasteiger partial charge in [-0.1, -0.05) is 43.5 Å². The molecule has 1 saturated carbocycles. The second-order valence-electron chi connectivity index (χ2n) is 6.87. The third-order valence-corrected chi connectivity index (χ3v) is 4.96. The number of hydrogen-bond acceptors (Lipinski definition) is 3. The van der Waals surface area contributed by atoms with Crippen LogP contribution >= 0.6 is 0 Å². The van der Waals surface area contributed by atoms with E-state index in [0.29, 0.717) is 12.5 Å². The molecule has 0 aliphatic heterocycles. The number of nitrogens with one attached hydrogen (secondary N) is 2. The van der Waals surface area contributed by atoms with E-state index >= 15 is 0 Å². The summed E-state index contributed by atoms with van der Waals surface area (Å²) in [5, 5.41) is 3.39. The molecule has 0 atom stereocenters. The molecule has 0 bridgehead atoms. The van der Waals surface area contributed by atoms with Crippen LogP contribution in [-0.4, -0.2) is 16.6 Å². The smallest absolute Gasteiger partial charge is 0.147 e. The maximum absolute atomic E-state index is 6.13. The van der Waals surface area contributed by atoms with Crippen molar-refractivity contribution in [3.8, 4) is 5.75 Å². The van der Waals surface area contributed by atoms with Crippen molar-refractivity contribution >= 4 is 16.7 Å². The summed E-state index contributed by atoms with van der Waals surface area (Å²) in [4.78, 5) is 8.14. The monoisotopic (exact) mass is 335 g/mol. The van der Waals surface area contributed by atoms with Gasteiger partial charge in [-0.25, -0.2) is 4.98 Å². The van der Waals surface area contributed by atoms with E-state index in [1.807, 2.05) is 30.3 Å². The van der Waals surface area contributed by atoms with Gasteiger partial charge < -0.3 is 15.0 Å². The lowest BCUT2D eigenvalue weighted by Gasteiger charge is -2.21. The molecule has 130 valence electrons. The Hall–Kier alpha value is -2.49. The molecule has 4 rings (SSSR count). The van der Waals surface area contributed by atoms with E-state index in [0.717, 1.165) is 34.9 Å². The fourth-order valence-electron chi connectivity index (χ4n) is 3.56. The molecule has 1 aliphatic carbocycles. The Morgan fingerprint density at radius 2 is 1.84 bits per heavy atom. The number of aromatic amines is 1. The molecule has 0 unspecified atom stereocenters. The van der Waals surface area contributed by atoms with E-state index in [9.17, 15) is 0 Å². The molecule has 0 spiro atoms. The summed E-state index contributed by atoms with van der Waals surface area (Å²) in [6.45, 7) is 1.48. The highest BCUT2D eigenvalue weighted by Crippen LogP contribution is 2.28. The van der Waals surface area contributed by atoms with Crippen molar-refractivity contribution in [1.82, 2.24) is 9.97 Å². The Labute approximate surface area is 148 Å². The van der Waals surface area contributed by atoms with Gasteiger partial charge in [0.25, 0.3) is 0 Å². The Kier molecular flexibility index (Phi) is 4.86. The van der Waals surface area contributed by atoms with Crippen molar-refractivity contribution < 1.29 is 4.74 Å². The van der Waals surface area contributed by atoms with Gasteiger partial charge in [0.05, 0.1) is 18.7 Å². The maximum atomic E-state index is 6.13. The van der Waals surface area contributed by atoms with Gasteiger partial charge in [0.1, 0.15) is 17.1 Å². The minimum absolute atomic E-state index is 0.667. The number of ether oxygens (including phenoxy) is 1. The number of nitrogens with zero attached hydrogens (tertiary/aromatic N) is 1. The second-order valence-corrected chi connectivity index (χ2v) is 6.87. The van der Waals surface area contributed by atoms with Crippen LogP contribution < -0.4 is 10.1 Å². The predicted molar refractivity (Wildman–Crippen MR) is 102 cm³/mol. The second kappa shape index (κ2) is 7.60. The summed E-state index contributed by atoms with van der Waals surface area (Å²) in [5.74, 6) is 2.51. The average Bonchev–Trinajstić information content (AvgIpc) is 3.10. The van der Waals surface area contributed by atoms with Gasteiger partial charge in [-0.05, 0) is 43.0 Å². The number of hydrogen-bond donors (Lipinski definition) is 2. The van der Waals surface area contributed by atoms with Crippen molar-refractivity contribution in [3.63, 3.8) is 0 Å². The van der Waals surface area contributed by atoms with Crippen molar-refractivity contribution in [1.29, 1.82) is 0 Å². The molecule has 0 amide bonds. The van der Waals surface area contributed by atoms with Crippen molar-refractivity contribution in [2.24, 2.45) is 5.92 Å². The molecule has 1 fully saturated rings. The zero-order valence-corrected chi connectivity index (χ0v) is 14.5. The van der Waals surface area contributed by atoms with Crippen LogP contribution in [0.2, 0.25) is 0 Å². The highest BCUT2D eigenvalue weighted by molar-refractivity contribution is 5.81. The third kappa shape index (κ3) is 3.95. The van der Waals surface area contributed by atoms with E-state index in [-0.39, 0.29) is 0 Å². The molecular weight excluding hydrogens is 310 g/mol. The van der Waals surface area contributed by atoms with Crippen LogP contribution in [-0.2, 0) is 6.54 Å². The van der Waals surface area contributed by atoms with Crippen LogP contribution in [0.25, 0.3) is 11.0 Å². The number of H-pyrrole nitrogens is 1. The summed E-state index contributed by atoms with van der Waals surface area (Å²) in [6, 6.07) is 16.3. The van der Waals surface area contributed by atoms with E-state index in [4.69, 9.17) is 9.72 Å². The van der Waals surface area contributed by atoms with Crippen LogP contribution in [0, 0.1) is 5.92 Å². The number of aromatic nitrogens is 2. The largest absolute Gasteiger partial charge is 0.491 e. The van der Waals surface area contributed by atoms with E-state index < -0.39 is 0 Å². The Morgan fingerprint density at radius 1 is 1.00 bits per heavy atom. The first-order chi connectivity index (χ1) is 12.4. The Balaban J connectivity index is 1.44. The molecule has 0 saturated heterocycles. The van der Waals surface area contributed by atoms with Gasteiger partial charge in [-0.15, -0.1) is 0 Å². The van der Waals surface area contributed by atoms with E-state index in [1.54, 1.807) is 0 Å². The first-order valence-corrected chi connectivity index (χ1v) is 9.28. The standard InChI is InChI=1S/C21H25N3O/c1-3-8-16(9-4-1)15-25-19-13-7-12-18-21(19)24-20(23-18)14-22-17-10-5-2-6-11-17/h2,5-7,10-13,16,22H,1,3-4,8-9,14-15H2,(H,23,24). The molecule has 25 heavy (non-hydrogen) atoms. The Morgan fingerprint density at radius 3 is 2.68 bits per heavy atom. The first kappa shape index (κ1) is 16.0. The topological polar surface area (TPSA) is 49.9 Å². The lowest BCUT2D eigenvalue weighted by molar-refractivity contribution is 0.210. The van der Waals surface area contributed by atoms with Crippen LogP contribution in [0.4, 0.5) is 5.69 Å². The zero-order chi connectivity index (χ0) is 16.9. The van der Waals surface area contributed by atoms with Crippen LogP contribution in [0.1, 0.15) is 37.9 Å².